The van der Waals surface area contributed by atoms with E-state index in [-0.39, 0.29) is 23.6 Å². The van der Waals surface area contributed by atoms with Crippen LogP contribution in [0, 0.1) is 0 Å². The van der Waals surface area contributed by atoms with Gasteiger partial charge in [-0.15, -0.1) is 0 Å². The second-order valence-electron chi connectivity index (χ2n) is 21.8. The van der Waals surface area contributed by atoms with E-state index in [1.165, 1.54) is 139 Å². The van der Waals surface area contributed by atoms with Gasteiger partial charge in [-0.3, -0.25) is 0 Å². The van der Waals surface area contributed by atoms with Crippen LogP contribution in [-0.2, 0) is 10.8 Å². The maximum absolute atomic E-state index is 2.87. The first kappa shape index (κ1) is 38.4. The van der Waals surface area contributed by atoms with Gasteiger partial charge in [0.25, 0.3) is 6.71 Å². The first-order chi connectivity index (χ1) is 33.8. The molecule has 1 unspecified atom stereocenters. The zero-order valence-corrected chi connectivity index (χ0v) is 39.5. The van der Waals surface area contributed by atoms with Crippen molar-refractivity contribution in [3.05, 3.63) is 227 Å². The van der Waals surface area contributed by atoms with Crippen LogP contribution in [-0.4, -0.2) is 17.3 Å². The standard InChI is InChI=1S/C66H49BN2/c1-65(2)49-28-16-14-25-43(49)46-35-47-44-27-18-30-53-63(44)68(55(47)36-51(46)65)57-33-42(39-21-10-6-11-22-39)34-58-62(57)67(53)54-32-41(38-19-8-5-9-20-38)31-48-61-56(69(58)64(48)54)37-52-60(59(61)40-23-12-7-13-24-40)45-26-15-17-29-50(45)66(52,3)4/h5-10,12-21,23-36,56H,11,22,37H2,1-4H3. The fourth-order valence-corrected chi connectivity index (χ4v) is 14.7. The number of hydrogen-bond acceptors (Lipinski definition) is 1. The number of rotatable bonds is 3. The third-order valence-electron chi connectivity index (χ3n) is 17.8. The van der Waals surface area contributed by atoms with Gasteiger partial charge in [-0.05, 0) is 149 Å². The van der Waals surface area contributed by atoms with Crippen LogP contribution in [0.2, 0.25) is 0 Å². The van der Waals surface area contributed by atoms with E-state index in [9.17, 15) is 0 Å². The van der Waals surface area contributed by atoms with Crippen molar-refractivity contribution in [1.29, 1.82) is 0 Å². The van der Waals surface area contributed by atoms with Gasteiger partial charge in [0.05, 0.1) is 11.6 Å². The molecule has 1 aromatic heterocycles. The van der Waals surface area contributed by atoms with Crippen molar-refractivity contribution < 1.29 is 0 Å². The van der Waals surface area contributed by atoms with E-state index in [0.717, 1.165) is 19.3 Å². The molecule has 326 valence electrons. The average Bonchev–Trinajstić information content (AvgIpc) is 4.05. The lowest BCUT2D eigenvalue weighted by molar-refractivity contribution is 0.592. The highest BCUT2D eigenvalue weighted by Gasteiger charge is 2.53. The van der Waals surface area contributed by atoms with E-state index in [2.05, 4.69) is 219 Å². The Bertz CT molecular complexity index is 3980. The predicted molar refractivity (Wildman–Crippen MR) is 291 cm³/mol. The maximum Gasteiger partial charge on any atom is 0.252 e. The first-order valence-electron chi connectivity index (χ1n) is 25.2. The van der Waals surface area contributed by atoms with Crippen molar-refractivity contribution in [3.8, 4) is 27.9 Å². The molecule has 8 aromatic carbocycles. The summed E-state index contributed by atoms with van der Waals surface area (Å²) in [5.41, 5.74) is 33.1. The minimum absolute atomic E-state index is 0.0420. The number of hydrogen-bond donors (Lipinski definition) is 0. The molecule has 3 heteroatoms. The van der Waals surface area contributed by atoms with E-state index >= 15 is 0 Å². The van der Waals surface area contributed by atoms with Gasteiger partial charge < -0.3 is 9.47 Å². The molecule has 0 N–H and O–H groups in total. The Morgan fingerprint density at radius 2 is 1.26 bits per heavy atom. The minimum atomic E-state index is -0.120. The molecule has 4 aliphatic carbocycles. The molecule has 0 amide bonds. The Morgan fingerprint density at radius 3 is 2.04 bits per heavy atom. The molecule has 3 aliphatic heterocycles. The number of allylic oxidation sites excluding steroid dienone is 6. The van der Waals surface area contributed by atoms with Crippen molar-refractivity contribution in [3.63, 3.8) is 0 Å². The number of para-hydroxylation sites is 1. The van der Waals surface area contributed by atoms with Crippen LogP contribution in [0.1, 0.15) is 85.9 Å². The monoisotopic (exact) mass is 880 g/mol. The number of benzene rings is 8. The number of anilines is 2. The summed E-state index contributed by atoms with van der Waals surface area (Å²) in [4.78, 5) is 2.87. The second-order valence-corrected chi connectivity index (χ2v) is 21.8. The normalized spacial score (nSPS) is 18.8. The average molecular weight is 881 g/mol. The van der Waals surface area contributed by atoms with Crippen LogP contribution in [0.4, 0.5) is 11.4 Å². The zero-order valence-electron chi connectivity index (χ0n) is 39.5. The highest BCUT2D eigenvalue weighted by molar-refractivity contribution is 7.00. The van der Waals surface area contributed by atoms with E-state index in [4.69, 9.17) is 0 Å². The molecule has 1 atom stereocenters. The van der Waals surface area contributed by atoms with Gasteiger partial charge in [0.2, 0.25) is 0 Å². The molecule has 4 heterocycles. The van der Waals surface area contributed by atoms with Gasteiger partial charge in [-0.2, -0.15) is 0 Å². The Hall–Kier alpha value is -7.62. The van der Waals surface area contributed by atoms with E-state index in [1.54, 1.807) is 5.57 Å². The molecule has 0 saturated carbocycles. The minimum Gasteiger partial charge on any atom is -0.334 e. The van der Waals surface area contributed by atoms with Crippen LogP contribution in [0.25, 0.3) is 72.0 Å². The summed E-state index contributed by atoms with van der Waals surface area (Å²) in [6, 6.07) is 63.8. The molecular formula is C66H49BN2. The molecule has 9 aromatic rings. The largest absolute Gasteiger partial charge is 0.334 e. The Labute approximate surface area is 404 Å². The SMILES string of the molecule is CC1(C)C2=C(C(c3ccccc3)=C3c4cc(-c5ccccc5)cc5c4N(c4cc(C6=CC=CCC6)cc6c4B5c4cccc5c7cc8c(cc7n-6c45)C(C)(C)c4ccccc4-8)C3C2)c2ccccc21. The smallest absolute Gasteiger partial charge is 0.252 e. The summed E-state index contributed by atoms with van der Waals surface area (Å²) in [5.74, 6) is 0. The quantitative estimate of drug-likeness (QED) is 0.161. The molecule has 7 aliphatic rings. The molecule has 0 bridgehead atoms. The lowest BCUT2D eigenvalue weighted by atomic mass is 9.33. The molecular weight excluding hydrogens is 832 g/mol. The predicted octanol–water partition coefficient (Wildman–Crippen LogP) is 14.2. The van der Waals surface area contributed by atoms with Crippen molar-refractivity contribution in [2.75, 3.05) is 4.90 Å². The highest BCUT2D eigenvalue weighted by Crippen LogP contribution is 2.63. The number of fused-ring (bicyclic) bond motifs is 15. The van der Waals surface area contributed by atoms with Crippen LogP contribution in [0.15, 0.2) is 188 Å². The van der Waals surface area contributed by atoms with Gasteiger partial charge in [0.15, 0.2) is 0 Å². The Morgan fingerprint density at radius 1 is 0.536 bits per heavy atom. The molecule has 0 spiro atoms. The second kappa shape index (κ2) is 13.1. The fraction of sp³-hybridized carbons (Fsp3) is 0.152. The van der Waals surface area contributed by atoms with Crippen molar-refractivity contribution >= 4 is 78.6 Å². The summed E-state index contributed by atoms with van der Waals surface area (Å²) in [6.45, 7) is 9.85. The van der Waals surface area contributed by atoms with Crippen LogP contribution in [0.3, 0.4) is 0 Å². The molecule has 0 fully saturated rings. The highest BCUT2D eigenvalue weighted by atomic mass is 15.2. The van der Waals surface area contributed by atoms with E-state index in [0.29, 0.717) is 0 Å². The zero-order chi connectivity index (χ0) is 45.7. The molecule has 16 rings (SSSR count). The first-order valence-corrected chi connectivity index (χ1v) is 25.2. The van der Waals surface area contributed by atoms with Crippen LogP contribution < -0.4 is 21.3 Å². The summed E-state index contributed by atoms with van der Waals surface area (Å²) in [7, 11) is 0. The van der Waals surface area contributed by atoms with E-state index < -0.39 is 0 Å². The van der Waals surface area contributed by atoms with Gasteiger partial charge in [0.1, 0.15) is 0 Å². The molecule has 0 saturated heterocycles. The topological polar surface area (TPSA) is 8.17 Å². The fourth-order valence-electron chi connectivity index (χ4n) is 14.7. The Kier molecular flexibility index (Phi) is 7.30. The molecule has 2 nitrogen and oxygen atoms in total. The summed E-state index contributed by atoms with van der Waals surface area (Å²) >= 11 is 0. The number of nitrogens with zero attached hydrogens (tertiary/aromatic N) is 2. The van der Waals surface area contributed by atoms with Crippen LogP contribution >= 0.6 is 0 Å². The van der Waals surface area contributed by atoms with Crippen molar-refractivity contribution in [2.45, 2.75) is 63.8 Å². The number of aromatic nitrogens is 1. The van der Waals surface area contributed by atoms with Crippen LogP contribution in [0.5, 0.6) is 0 Å². The summed E-state index contributed by atoms with van der Waals surface area (Å²) < 4.78 is 2.71. The Balaban J connectivity index is 1.06. The van der Waals surface area contributed by atoms with Crippen molar-refractivity contribution in [1.82, 2.24) is 4.57 Å². The summed E-state index contributed by atoms with van der Waals surface area (Å²) in [5, 5.41) is 2.68. The van der Waals surface area contributed by atoms with E-state index in [1.807, 2.05) is 0 Å². The maximum atomic E-state index is 2.87. The molecule has 69 heavy (non-hydrogen) atoms. The third-order valence-corrected chi connectivity index (χ3v) is 17.8. The van der Waals surface area contributed by atoms with Gasteiger partial charge in [-0.1, -0.05) is 179 Å². The van der Waals surface area contributed by atoms with Gasteiger partial charge in [-0.25, -0.2) is 0 Å². The lowest BCUT2D eigenvalue weighted by Crippen LogP contribution is -2.61. The third kappa shape index (κ3) is 4.74. The lowest BCUT2D eigenvalue weighted by Gasteiger charge is -2.43. The van der Waals surface area contributed by atoms with Gasteiger partial charge >= 0.3 is 0 Å². The van der Waals surface area contributed by atoms with Gasteiger partial charge in [0, 0.05) is 49.7 Å². The molecule has 0 radical (unpaired) electrons. The summed E-state index contributed by atoms with van der Waals surface area (Å²) in [6.07, 6.45) is 10.0. The van der Waals surface area contributed by atoms with Crippen molar-refractivity contribution in [2.24, 2.45) is 0 Å².